The van der Waals surface area contributed by atoms with Crippen LogP contribution in [0.15, 0.2) is 0 Å². The zero-order chi connectivity index (χ0) is 12.5. The number of nitrogens with one attached hydrogen (secondary N) is 1. The molecule has 0 fully saturated rings. The van der Waals surface area contributed by atoms with Gasteiger partial charge in [0.1, 0.15) is 0 Å². The van der Waals surface area contributed by atoms with Crippen molar-refractivity contribution in [3.05, 3.63) is 26.4 Å². The Morgan fingerprint density at radius 1 is 1.24 bits per heavy atom. The van der Waals surface area contributed by atoms with E-state index in [0.29, 0.717) is 0 Å². The summed E-state index contributed by atoms with van der Waals surface area (Å²) in [5, 5.41) is 1.01. The van der Waals surface area contributed by atoms with Crippen LogP contribution in [-0.2, 0) is 4.79 Å². The summed E-state index contributed by atoms with van der Waals surface area (Å²) < 4.78 is 13.7. The smallest absolute Gasteiger partial charge is 0.253 e. The van der Waals surface area contributed by atoms with Gasteiger partial charge in [0.25, 0.3) is 5.91 Å². The van der Waals surface area contributed by atoms with Gasteiger partial charge in [-0.2, -0.15) is 0 Å². The molecule has 0 aliphatic carbocycles. The number of amides is 2. The Bertz CT molecular complexity index is 480. The van der Waals surface area contributed by atoms with Crippen molar-refractivity contribution < 1.29 is 14.0 Å². The Balaban J connectivity index is 0.00000256. The first-order valence-corrected chi connectivity index (χ1v) is 4.91. The molecule has 1 rings (SSSR count). The molecule has 4 nitrogen and oxygen atoms in total. The Kier molecular flexibility index (Phi) is 5.68. The van der Waals surface area contributed by atoms with Crippen molar-refractivity contribution in [1.29, 1.82) is 0 Å². The van der Waals surface area contributed by atoms with Crippen LogP contribution in [0.1, 0.15) is 17.8 Å². The number of benzene rings is 1. The molecule has 1 aromatic carbocycles. The highest BCUT2D eigenvalue weighted by Gasteiger charge is 2.24. The molecule has 0 heterocycles. The number of hydrogen-bond acceptors (Lipinski definition) is 2. The van der Waals surface area contributed by atoms with E-state index in [2.05, 4.69) is 0 Å². The fourth-order valence-electron chi connectivity index (χ4n) is 1.04. The summed E-state index contributed by atoms with van der Waals surface area (Å²) in [4.78, 5) is 21.2. The fourth-order valence-corrected chi connectivity index (χ4v) is 1.78. The van der Waals surface area contributed by atoms with Gasteiger partial charge in [0.05, 0.1) is 26.3 Å². The Hall–Kier alpha value is -1.04. The summed E-state index contributed by atoms with van der Waals surface area (Å²) in [6.07, 6.45) is 0.180. The second kappa shape index (κ2) is 6.05. The van der Waals surface area contributed by atoms with Crippen LogP contribution < -0.4 is 11.1 Å². The average Bonchev–Trinajstić information content (AvgIpc) is 2.21. The van der Waals surface area contributed by atoms with Gasteiger partial charge in [0, 0.05) is 0 Å². The zero-order valence-corrected chi connectivity index (χ0v) is 9.75. The molecule has 0 aliphatic heterocycles. The van der Waals surface area contributed by atoms with Crippen LogP contribution in [0.2, 0.25) is 15.1 Å². The first-order chi connectivity index (χ1) is 7.41. The summed E-state index contributed by atoms with van der Waals surface area (Å²) >= 11 is 16.9. The van der Waals surface area contributed by atoms with Crippen molar-refractivity contribution in [2.24, 2.45) is 5.73 Å². The van der Waals surface area contributed by atoms with Crippen LogP contribution in [0.3, 0.4) is 0 Å². The molecule has 17 heavy (non-hydrogen) atoms. The summed E-state index contributed by atoms with van der Waals surface area (Å²) in [6.45, 7) is 0. The molecular formula is C9H8Cl3FN2O2. The topological polar surface area (TPSA) is 72.2 Å². The van der Waals surface area contributed by atoms with E-state index in [-0.39, 0.29) is 23.9 Å². The van der Waals surface area contributed by atoms with E-state index in [1.165, 1.54) is 0 Å². The molecule has 0 saturated heterocycles. The van der Waals surface area contributed by atoms with Crippen LogP contribution in [-0.4, -0.2) is 12.3 Å². The minimum Gasteiger partial charge on any atom is -0.365 e. The maximum atomic E-state index is 13.7. The van der Waals surface area contributed by atoms with Crippen molar-refractivity contribution in [3.63, 3.8) is 0 Å². The van der Waals surface area contributed by atoms with Crippen molar-refractivity contribution in [2.45, 2.75) is 7.43 Å². The molecule has 0 radical (unpaired) electrons. The molecule has 0 spiro atoms. The van der Waals surface area contributed by atoms with E-state index in [9.17, 15) is 14.0 Å². The molecule has 0 aliphatic rings. The van der Waals surface area contributed by atoms with E-state index in [0.717, 1.165) is 0 Å². The molecule has 0 saturated carbocycles. The monoisotopic (exact) mass is 300 g/mol. The van der Waals surface area contributed by atoms with Crippen molar-refractivity contribution in [3.8, 4) is 0 Å². The van der Waals surface area contributed by atoms with Crippen LogP contribution >= 0.6 is 34.8 Å². The van der Waals surface area contributed by atoms with Gasteiger partial charge in [-0.25, -0.2) is 4.39 Å². The normalized spacial score (nSPS) is 9.41. The molecule has 0 atom stereocenters. The first kappa shape index (κ1) is 16.0. The standard InChI is InChI=1S/C8H4Cl3FN2O2.CH4/c9-3-2(8(13)16)6(12)7(14-1-15)5(11)4(3)10;/h1H,(H2,13,16)(H,14,15);1H4. The summed E-state index contributed by atoms with van der Waals surface area (Å²) in [5.41, 5.74) is 3.85. The highest BCUT2D eigenvalue weighted by molar-refractivity contribution is 6.50. The molecular weight excluding hydrogens is 293 g/mol. The van der Waals surface area contributed by atoms with Gasteiger partial charge >= 0.3 is 0 Å². The molecule has 8 heteroatoms. The number of nitrogens with two attached hydrogens (primary N) is 1. The number of primary amides is 1. The lowest BCUT2D eigenvalue weighted by Gasteiger charge is -2.11. The molecule has 0 unspecified atom stereocenters. The lowest BCUT2D eigenvalue weighted by Crippen LogP contribution is -2.16. The van der Waals surface area contributed by atoms with E-state index >= 15 is 0 Å². The highest BCUT2D eigenvalue weighted by Crippen LogP contribution is 2.40. The summed E-state index contributed by atoms with van der Waals surface area (Å²) in [5.74, 6) is -2.24. The van der Waals surface area contributed by atoms with Crippen LogP contribution in [0.25, 0.3) is 0 Å². The maximum absolute atomic E-state index is 13.7. The highest BCUT2D eigenvalue weighted by atomic mass is 35.5. The van der Waals surface area contributed by atoms with Gasteiger partial charge in [-0.3, -0.25) is 9.59 Å². The molecule has 94 valence electrons. The van der Waals surface area contributed by atoms with Gasteiger partial charge in [0.2, 0.25) is 6.41 Å². The van der Waals surface area contributed by atoms with Crippen molar-refractivity contribution in [2.75, 3.05) is 5.32 Å². The zero-order valence-electron chi connectivity index (χ0n) is 7.48. The number of carbonyl (C=O) groups is 2. The number of halogens is 4. The number of rotatable bonds is 3. The maximum Gasteiger partial charge on any atom is 0.253 e. The number of anilines is 1. The molecule has 3 N–H and O–H groups in total. The summed E-state index contributed by atoms with van der Waals surface area (Å²) in [7, 11) is 0. The predicted octanol–water partition coefficient (Wildman–Crippen LogP) is 3.09. The van der Waals surface area contributed by atoms with Crippen LogP contribution in [0.4, 0.5) is 10.1 Å². The molecule has 0 bridgehead atoms. The van der Waals surface area contributed by atoms with E-state index < -0.39 is 28.0 Å². The second-order valence-electron chi connectivity index (χ2n) is 2.63. The average molecular weight is 302 g/mol. The SMILES string of the molecule is C.NC(=O)c1c(F)c(NC=O)c(Cl)c(Cl)c1Cl. The summed E-state index contributed by atoms with van der Waals surface area (Å²) in [6, 6.07) is 0. The lowest BCUT2D eigenvalue weighted by atomic mass is 10.1. The largest absolute Gasteiger partial charge is 0.365 e. The van der Waals surface area contributed by atoms with E-state index in [1.807, 2.05) is 5.32 Å². The molecule has 0 aromatic heterocycles. The van der Waals surface area contributed by atoms with E-state index in [4.69, 9.17) is 40.5 Å². The van der Waals surface area contributed by atoms with Gasteiger partial charge in [-0.1, -0.05) is 42.2 Å². The fraction of sp³-hybridized carbons (Fsp3) is 0.111. The van der Waals surface area contributed by atoms with E-state index in [1.54, 1.807) is 0 Å². The minimum absolute atomic E-state index is 0. The minimum atomic E-state index is -1.13. The Morgan fingerprint density at radius 2 is 1.76 bits per heavy atom. The Labute approximate surface area is 112 Å². The van der Waals surface area contributed by atoms with Crippen molar-refractivity contribution in [1.82, 2.24) is 0 Å². The Morgan fingerprint density at radius 3 is 2.18 bits per heavy atom. The van der Waals surface area contributed by atoms with Gasteiger partial charge in [0.15, 0.2) is 5.82 Å². The van der Waals surface area contributed by atoms with Crippen LogP contribution in [0.5, 0.6) is 0 Å². The molecule has 1 aromatic rings. The quantitative estimate of drug-likeness (QED) is 0.511. The lowest BCUT2D eigenvalue weighted by molar-refractivity contribution is -0.105. The number of carbonyl (C=O) groups excluding carboxylic acids is 2. The van der Waals surface area contributed by atoms with Crippen molar-refractivity contribution >= 4 is 52.8 Å². The predicted molar refractivity (Wildman–Crippen MR) is 66.4 cm³/mol. The third kappa shape index (κ3) is 2.80. The van der Waals surface area contributed by atoms with Gasteiger partial charge < -0.3 is 11.1 Å². The van der Waals surface area contributed by atoms with Crippen LogP contribution in [0, 0.1) is 5.82 Å². The van der Waals surface area contributed by atoms with Gasteiger partial charge in [-0.15, -0.1) is 0 Å². The molecule has 2 amide bonds. The van der Waals surface area contributed by atoms with Gasteiger partial charge in [-0.05, 0) is 0 Å². The number of hydrogen-bond donors (Lipinski definition) is 2. The third-order valence-corrected chi connectivity index (χ3v) is 3.04. The second-order valence-corrected chi connectivity index (χ2v) is 3.77. The third-order valence-electron chi connectivity index (χ3n) is 1.71. The first-order valence-electron chi connectivity index (χ1n) is 3.77.